The SMILES string of the molecule is CCCNC(=O)n1ccc2cc(Br)ccc21. The zero-order valence-corrected chi connectivity index (χ0v) is 10.6. The number of fused-ring (bicyclic) bond motifs is 1. The van der Waals surface area contributed by atoms with E-state index < -0.39 is 0 Å². The Balaban J connectivity index is 2.34. The van der Waals surface area contributed by atoms with Gasteiger partial charge in [0.1, 0.15) is 0 Å². The van der Waals surface area contributed by atoms with Crippen molar-refractivity contribution in [2.75, 3.05) is 6.54 Å². The molecule has 2 rings (SSSR count). The monoisotopic (exact) mass is 280 g/mol. The number of carbonyl (C=O) groups is 1. The van der Waals surface area contributed by atoms with Crippen LogP contribution in [0.5, 0.6) is 0 Å². The predicted molar refractivity (Wildman–Crippen MR) is 68.7 cm³/mol. The third-order valence-electron chi connectivity index (χ3n) is 2.40. The van der Waals surface area contributed by atoms with E-state index in [0.717, 1.165) is 21.8 Å². The molecule has 0 aliphatic heterocycles. The van der Waals surface area contributed by atoms with Crippen molar-refractivity contribution in [3.05, 3.63) is 34.9 Å². The molecular weight excluding hydrogens is 268 g/mol. The van der Waals surface area contributed by atoms with E-state index in [1.807, 2.05) is 31.2 Å². The van der Waals surface area contributed by atoms with Crippen molar-refractivity contribution in [2.45, 2.75) is 13.3 Å². The van der Waals surface area contributed by atoms with Gasteiger partial charge in [0.2, 0.25) is 0 Å². The van der Waals surface area contributed by atoms with Crippen LogP contribution in [0.3, 0.4) is 0 Å². The first-order valence-electron chi connectivity index (χ1n) is 5.27. The van der Waals surface area contributed by atoms with E-state index in [2.05, 4.69) is 21.2 Å². The maximum Gasteiger partial charge on any atom is 0.326 e. The number of nitrogens with zero attached hydrogens (tertiary/aromatic N) is 1. The maximum absolute atomic E-state index is 11.8. The Morgan fingerprint density at radius 3 is 3.00 bits per heavy atom. The third-order valence-corrected chi connectivity index (χ3v) is 2.89. The summed E-state index contributed by atoms with van der Waals surface area (Å²) in [6.45, 7) is 2.74. The van der Waals surface area contributed by atoms with Gasteiger partial charge >= 0.3 is 6.03 Å². The summed E-state index contributed by atoms with van der Waals surface area (Å²) >= 11 is 3.41. The van der Waals surface area contributed by atoms with E-state index in [1.165, 1.54) is 0 Å². The fraction of sp³-hybridized carbons (Fsp3) is 0.250. The number of halogens is 1. The molecule has 1 amide bonds. The van der Waals surface area contributed by atoms with Gasteiger partial charge in [-0.25, -0.2) is 4.79 Å². The molecule has 1 heterocycles. The van der Waals surface area contributed by atoms with Gasteiger partial charge in [-0.3, -0.25) is 4.57 Å². The van der Waals surface area contributed by atoms with Crippen LogP contribution < -0.4 is 5.32 Å². The van der Waals surface area contributed by atoms with E-state index in [4.69, 9.17) is 0 Å². The number of amides is 1. The zero-order valence-electron chi connectivity index (χ0n) is 9.03. The van der Waals surface area contributed by atoms with Gasteiger partial charge in [0.25, 0.3) is 0 Å². The molecule has 16 heavy (non-hydrogen) atoms. The molecule has 0 saturated carbocycles. The predicted octanol–water partition coefficient (Wildman–Crippen LogP) is 3.37. The molecule has 0 bridgehead atoms. The van der Waals surface area contributed by atoms with Gasteiger partial charge in [-0.15, -0.1) is 0 Å². The van der Waals surface area contributed by atoms with E-state index in [-0.39, 0.29) is 6.03 Å². The number of carbonyl (C=O) groups excluding carboxylic acids is 1. The summed E-state index contributed by atoms with van der Waals surface area (Å²) in [5.41, 5.74) is 0.928. The first kappa shape index (κ1) is 11.2. The Bertz CT molecular complexity index is 519. The summed E-state index contributed by atoms with van der Waals surface area (Å²) in [4.78, 5) is 11.8. The van der Waals surface area contributed by atoms with Crippen molar-refractivity contribution in [2.24, 2.45) is 0 Å². The summed E-state index contributed by atoms with van der Waals surface area (Å²) in [7, 11) is 0. The Morgan fingerprint density at radius 1 is 1.44 bits per heavy atom. The molecule has 3 nitrogen and oxygen atoms in total. The lowest BCUT2D eigenvalue weighted by atomic mass is 10.2. The lowest BCUT2D eigenvalue weighted by Crippen LogP contribution is -2.28. The molecule has 0 saturated heterocycles. The smallest absolute Gasteiger partial charge is 0.326 e. The van der Waals surface area contributed by atoms with Crippen LogP contribution in [-0.4, -0.2) is 17.1 Å². The molecule has 84 valence electrons. The Labute approximate surface area is 103 Å². The Hall–Kier alpha value is -1.29. The van der Waals surface area contributed by atoms with Crippen LogP contribution in [0.2, 0.25) is 0 Å². The van der Waals surface area contributed by atoms with Crippen molar-refractivity contribution < 1.29 is 4.79 Å². The van der Waals surface area contributed by atoms with Crippen molar-refractivity contribution in [3.63, 3.8) is 0 Å². The summed E-state index contributed by atoms with van der Waals surface area (Å²) in [5.74, 6) is 0. The van der Waals surface area contributed by atoms with Crippen molar-refractivity contribution in [3.8, 4) is 0 Å². The van der Waals surface area contributed by atoms with Crippen molar-refractivity contribution in [1.82, 2.24) is 9.88 Å². The highest BCUT2D eigenvalue weighted by Crippen LogP contribution is 2.20. The molecule has 0 unspecified atom stereocenters. The fourth-order valence-electron chi connectivity index (χ4n) is 1.61. The quantitative estimate of drug-likeness (QED) is 0.899. The van der Waals surface area contributed by atoms with Gasteiger partial charge in [-0.1, -0.05) is 22.9 Å². The molecule has 1 N–H and O–H groups in total. The first-order chi connectivity index (χ1) is 7.72. The van der Waals surface area contributed by atoms with Crippen LogP contribution in [0.15, 0.2) is 34.9 Å². The molecule has 2 aromatic rings. The summed E-state index contributed by atoms with van der Waals surface area (Å²) in [6, 6.07) is 7.74. The molecule has 0 spiro atoms. The standard InChI is InChI=1S/C12H13BrN2O/c1-2-6-14-12(16)15-7-5-9-8-10(13)3-4-11(9)15/h3-5,7-8H,2,6H2,1H3,(H,14,16). The Morgan fingerprint density at radius 2 is 2.25 bits per heavy atom. The van der Waals surface area contributed by atoms with Crippen molar-refractivity contribution >= 4 is 32.9 Å². The van der Waals surface area contributed by atoms with Crippen molar-refractivity contribution in [1.29, 1.82) is 0 Å². The second-order valence-electron chi connectivity index (χ2n) is 3.62. The third kappa shape index (κ3) is 2.11. The number of nitrogens with one attached hydrogen (secondary N) is 1. The van der Waals surface area contributed by atoms with E-state index in [9.17, 15) is 4.79 Å². The average Bonchev–Trinajstić information content (AvgIpc) is 2.68. The normalized spacial score (nSPS) is 10.6. The van der Waals surface area contributed by atoms with Crippen LogP contribution in [0.4, 0.5) is 4.79 Å². The summed E-state index contributed by atoms with van der Waals surface area (Å²) in [5, 5.41) is 3.91. The molecule has 0 atom stereocenters. The summed E-state index contributed by atoms with van der Waals surface area (Å²) < 4.78 is 2.66. The van der Waals surface area contributed by atoms with Crippen LogP contribution in [-0.2, 0) is 0 Å². The Kier molecular flexibility index (Phi) is 3.29. The molecule has 0 radical (unpaired) electrons. The topological polar surface area (TPSA) is 34.0 Å². The highest BCUT2D eigenvalue weighted by molar-refractivity contribution is 9.10. The number of rotatable bonds is 2. The van der Waals surface area contributed by atoms with Gasteiger partial charge < -0.3 is 5.32 Å². The minimum absolute atomic E-state index is 0.0702. The van der Waals surface area contributed by atoms with E-state index >= 15 is 0 Å². The molecule has 0 fully saturated rings. The summed E-state index contributed by atoms with van der Waals surface area (Å²) in [6.07, 6.45) is 2.73. The van der Waals surface area contributed by atoms with Crippen LogP contribution in [0.25, 0.3) is 10.9 Å². The van der Waals surface area contributed by atoms with Crippen LogP contribution in [0, 0.1) is 0 Å². The molecule has 0 aliphatic rings. The van der Waals surface area contributed by atoms with Gasteiger partial charge in [0.15, 0.2) is 0 Å². The van der Waals surface area contributed by atoms with Crippen LogP contribution in [0.1, 0.15) is 13.3 Å². The first-order valence-corrected chi connectivity index (χ1v) is 6.06. The molecule has 1 aromatic carbocycles. The number of benzene rings is 1. The van der Waals surface area contributed by atoms with E-state index in [1.54, 1.807) is 10.8 Å². The van der Waals surface area contributed by atoms with Crippen LogP contribution >= 0.6 is 15.9 Å². The molecule has 1 aromatic heterocycles. The number of aromatic nitrogens is 1. The average molecular weight is 281 g/mol. The molecule has 0 aliphatic carbocycles. The number of hydrogen-bond acceptors (Lipinski definition) is 1. The lowest BCUT2D eigenvalue weighted by molar-refractivity contribution is 0.243. The van der Waals surface area contributed by atoms with E-state index in [0.29, 0.717) is 6.54 Å². The van der Waals surface area contributed by atoms with Gasteiger partial charge in [-0.05, 0) is 30.7 Å². The highest BCUT2D eigenvalue weighted by Gasteiger charge is 2.07. The maximum atomic E-state index is 11.8. The molecule has 4 heteroatoms. The van der Waals surface area contributed by atoms with Gasteiger partial charge in [0.05, 0.1) is 5.52 Å². The minimum atomic E-state index is -0.0702. The highest BCUT2D eigenvalue weighted by atomic mass is 79.9. The minimum Gasteiger partial charge on any atom is -0.337 e. The zero-order chi connectivity index (χ0) is 11.5. The fourth-order valence-corrected chi connectivity index (χ4v) is 1.99. The largest absolute Gasteiger partial charge is 0.337 e. The lowest BCUT2D eigenvalue weighted by Gasteiger charge is -2.05. The second kappa shape index (κ2) is 4.70. The number of hydrogen-bond donors (Lipinski definition) is 1. The second-order valence-corrected chi connectivity index (χ2v) is 4.54. The van der Waals surface area contributed by atoms with Gasteiger partial charge in [0, 0.05) is 22.6 Å². The van der Waals surface area contributed by atoms with Gasteiger partial charge in [-0.2, -0.15) is 0 Å². The molecular formula is C12H13BrN2O.